The third kappa shape index (κ3) is 2.19. The molecule has 0 spiro atoms. The molecule has 3 heteroatoms. The van der Waals surface area contributed by atoms with Crippen molar-refractivity contribution in [3.05, 3.63) is 23.9 Å². The summed E-state index contributed by atoms with van der Waals surface area (Å²) in [5.41, 5.74) is 6.93. The molecule has 0 bridgehead atoms. The minimum absolute atomic E-state index is 0.599. The van der Waals surface area contributed by atoms with E-state index in [1.807, 2.05) is 12.3 Å². The van der Waals surface area contributed by atoms with Gasteiger partial charge in [-0.15, -0.1) is 0 Å². The monoisotopic (exact) mass is 219 g/mol. The Labute approximate surface area is 97.7 Å². The van der Waals surface area contributed by atoms with Crippen LogP contribution in [0.4, 0.5) is 5.82 Å². The van der Waals surface area contributed by atoms with Crippen LogP contribution in [-0.4, -0.2) is 24.1 Å². The lowest BCUT2D eigenvalue weighted by Crippen LogP contribution is -2.29. The van der Waals surface area contributed by atoms with E-state index in [1.165, 1.54) is 12.0 Å². The summed E-state index contributed by atoms with van der Waals surface area (Å²) in [5.74, 6) is 1.91. The van der Waals surface area contributed by atoms with Gasteiger partial charge in [0, 0.05) is 18.8 Å². The average Bonchev–Trinajstić information content (AvgIpc) is 2.59. The van der Waals surface area contributed by atoms with Crippen molar-refractivity contribution < 1.29 is 0 Å². The first kappa shape index (κ1) is 11.4. The van der Waals surface area contributed by atoms with Gasteiger partial charge in [0.15, 0.2) is 0 Å². The Hall–Kier alpha value is -1.09. The number of aromatic nitrogens is 1. The number of hydrogen-bond donors (Lipinski definition) is 1. The molecule has 2 unspecified atom stereocenters. The van der Waals surface area contributed by atoms with Crippen molar-refractivity contribution in [1.82, 2.24) is 4.98 Å². The maximum absolute atomic E-state index is 5.64. The fourth-order valence-corrected chi connectivity index (χ4v) is 2.63. The molecule has 0 saturated carbocycles. The molecule has 1 aliphatic rings. The maximum atomic E-state index is 5.64. The van der Waals surface area contributed by atoms with Crippen LogP contribution in [0.25, 0.3) is 0 Å². The fourth-order valence-electron chi connectivity index (χ4n) is 2.63. The third-order valence-corrected chi connectivity index (χ3v) is 3.34. The van der Waals surface area contributed by atoms with Gasteiger partial charge in [-0.1, -0.05) is 13.0 Å². The standard InChI is InChI=1S/C13H21N3/c1-10-8-11(2)16(9-10)13-12(5-6-14)4-3-7-15-13/h3-4,7,10-11H,5-6,8-9,14H2,1-2H3. The molecular weight excluding hydrogens is 198 g/mol. The molecule has 1 aromatic heterocycles. The summed E-state index contributed by atoms with van der Waals surface area (Å²) in [6.45, 7) is 6.40. The first-order valence-corrected chi connectivity index (χ1v) is 6.13. The summed E-state index contributed by atoms with van der Waals surface area (Å²) in [6, 6.07) is 4.74. The van der Waals surface area contributed by atoms with Crippen molar-refractivity contribution in [3.63, 3.8) is 0 Å². The molecule has 2 atom stereocenters. The zero-order valence-corrected chi connectivity index (χ0v) is 10.2. The normalized spacial score (nSPS) is 25.1. The molecule has 2 N–H and O–H groups in total. The molecule has 0 radical (unpaired) electrons. The van der Waals surface area contributed by atoms with Crippen molar-refractivity contribution in [2.75, 3.05) is 18.0 Å². The lowest BCUT2D eigenvalue weighted by Gasteiger charge is -2.25. The van der Waals surface area contributed by atoms with Crippen molar-refractivity contribution >= 4 is 5.82 Å². The van der Waals surface area contributed by atoms with Crippen LogP contribution in [-0.2, 0) is 6.42 Å². The second-order valence-corrected chi connectivity index (χ2v) is 4.87. The van der Waals surface area contributed by atoms with Crippen LogP contribution in [0.1, 0.15) is 25.8 Å². The lowest BCUT2D eigenvalue weighted by molar-refractivity contribution is 0.625. The highest BCUT2D eigenvalue weighted by Crippen LogP contribution is 2.29. The molecule has 3 nitrogen and oxygen atoms in total. The van der Waals surface area contributed by atoms with Gasteiger partial charge < -0.3 is 10.6 Å². The van der Waals surface area contributed by atoms with Gasteiger partial charge in [-0.05, 0) is 43.9 Å². The van der Waals surface area contributed by atoms with Gasteiger partial charge in [-0.2, -0.15) is 0 Å². The SMILES string of the molecule is CC1CC(C)N(c2ncccc2CCN)C1. The highest BCUT2D eigenvalue weighted by molar-refractivity contribution is 5.48. The summed E-state index contributed by atoms with van der Waals surface area (Å²) >= 11 is 0. The van der Waals surface area contributed by atoms with Crippen molar-refractivity contribution in [3.8, 4) is 0 Å². The van der Waals surface area contributed by atoms with Crippen molar-refractivity contribution in [2.24, 2.45) is 11.7 Å². The first-order valence-electron chi connectivity index (χ1n) is 6.13. The van der Waals surface area contributed by atoms with Gasteiger partial charge in [-0.3, -0.25) is 0 Å². The largest absolute Gasteiger partial charge is 0.353 e. The van der Waals surface area contributed by atoms with Crippen molar-refractivity contribution in [2.45, 2.75) is 32.7 Å². The number of nitrogens with two attached hydrogens (primary N) is 1. The van der Waals surface area contributed by atoms with Gasteiger partial charge in [-0.25, -0.2) is 4.98 Å². The van der Waals surface area contributed by atoms with E-state index in [1.54, 1.807) is 0 Å². The van der Waals surface area contributed by atoms with Crippen LogP contribution in [0.5, 0.6) is 0 Å². The Balaban J connectivity index is 2.25. The predicted molar refractivity (Wildman–Crippen MR) is 67.6 cm³/mol. The zero-order valence-electron chi connectivity index (χ0n) is 10.2. The molecule has 1 saturated heterocycles. The number of rotatable bonds is 3. The van der Waals surface area contributed by atoms with E-state index in [-0.39, 0.29) is 0 Å². The fraction of sp³-hybridized carbons (Fsp3) is 0.615. The molecule has 1 aliphatic heterocycles. The summed E-state index contributed by atoms with van der Waals surface area (Å²) in [6.07, 6.45) is 4.06. The molecule has 2 rings (SSSR count). The number of pyridine rings is 1. The Kier molecular flexibility index (Phi) is 3.44. The van der Waals surface area contributed by atoms with Crippen LogP contribution in [0.2, 0.25) is 0 Å². The molecule has 2 heterocycles. The smallest absolute Gasteiger partial charge is 0.131 e. The molecular formula is C13H21N3. The average molecular weight is 219 g/mol. The predicted octanol–water partition coefficient (Wildman–Crippen LogP) is 1.82. The molecule has 0 aliphatic carbocycles. The Bertz CT molecular complexity index is 351. The Morgan fingerprint density at radius 2 is 2.31 bits per heavy atom. The van der Waals surface area contributed by atoms with Crippen LogP contribution >= 0.6 is 0 Å². The molecule has 1 aromatic rings. The molecule has 16 heavy (non-hydrogen) atoms. The highest BCUT2D eigenvalue weighted by Gasteiger charge is 2.28. The van der Waals surface area contributed by atoms with E-state index in [0.717, 1.165) is 24.7 Å². The first-order chi connectivity index (χ1) is 7.72. The maximum Gasteiger partial charge on any atom is 0.131 e. The minimum atomic E-state index is 0.599. The van der Waals surface area contributed by atoms with E-state index < -0.39 is 0 Å². The van der Waals surface area contributed by atoms with E-state index in [4.69, 9.17) is 5.73 Å². The minimum Gasteiger partial charge on any atom is -0.353 e. The quantitative estimate of drug-likeness (QED) is 0.843. The molecule has 0 amide bonds. The summed E-state index contributed by atoms with van der Waals surface area (Å²) in [7, 11) is 0. The van der Waals surface area contributed by atoms with Gasteiger partial charge in [0.05, 0.1) is 0 Å². The van der Waals surface area contributed by atoms with Gasteiger partial charge in [0.25, 0.3) is 0 Å². The van der Waals surface area contributed by atoms with Gasteiger partial charge >= 0.3 is 0 Å². The van der Waals surface area contributed by atoms with Gasteiger partial charge in [0.2, 0.25) is 0 Å². The third-order valence-electron chi connectivity index (χ3n) is 3.34. The highest BCUT2D eigenvalue weighted by atomic mass is 15.2. The zero-order chi connectivity index (χ0) is 11.5. The van der Waals surface area contributed by atoms with Crippen LogP contribution in [0, 0.1) is 5.92 Å². The van der Waals surface area contributed by atoms with Crippen LogP contribution in [0.3, 0.4) is 0 Å². The summed E-state index contributed by atoms with van der Waals surface area (Å²) in [5, 5.41) is 0. The second kappa shape index (κ2) is 4.83. The molecule has 1 fully saturated rings. The Morgan fingerprint density at radius 1 is 1.50 bits per heavy atom. The summed E-state index contributed by atoms with van der Waals surface area (Å²) < 4.78 is 0. The van der Waals surface area contributed by atoms with Crippen molar-refractivity contribution in [1.29, 1.82) is 0 Å². The number of anilines is 1. The lowest BCUT2D eigenvalue weighted by atomic mass is 10.1. The number of nitrogens with zero attached hydrogens (tertiary/aromatic N) is 2. The van der Waals surface area contributed by atoms with Gasteiger partial charge in [0.1, 0.15) is 5.82 Å². The Morgan fingerprint density at radius 3 is 2.94 bits per heavy atom. The summed E-state index contributed by atoms with van der Waals surface area (Å²) in [4.78, 5) is 6.96. The molecule has 88 valence electrons. The number of hydrogen-bond acceptors (Lipinski definition) is 3. The van der Waals surface area contributed by atoms with Crippen LogP contribution in [0.15, 0.2) is 18.3 Å². The molecule has 0 aromatic carbocycles. The van der Waals surface area contributed by atoms with Crippen LogP contribution < -0.4 is 10.6 Å². The van der Waals surface area contributed by atoms with E-state index in [9.17, 15) is 0 Å². The van der Waals surface area contributed by atoms with E-state index in [0.29, 0.717) is 12.6 Å². The van der Waals surface area contributed by atoms with E-state index >= 15 is 0 Å². The van der Waals surface area contributed by atoms with E-state index in [2.05, 4.69) is 29.8 Å². The topological polar surface area (TPSA) is 42.2 Å². The second-order valence-electron chi connectivity index (χ2n) is 4.87.